The van der Waals surface area contributed by atoms with Crippen LogP contribution in [0, 0.1) is 6.92 Å². The molecule has 0 aliphatic heterocycles. The van der Waals surface area contributed by atoms with Crippen molar-refractivity contribution in [1.82, 2.24) is 14.8 Å². The second kappa shape index (κ2) is 3.73. The van der Waals surface area contributed by atoms with Crippen LogP contribution >= 0.6 is 0 Å². The molecule has 2 aromatic heterocycles. The summed E-state index contributed by atoms with van der Waals surface area (Å²) in [7, 11) is 0. The molecule has 18 heavy (non-hydrogen) atoms. The topological polar surface area (TPSA) is 70.7 Å². The number of H-pyrrole nitrogens is 2. The summed E-state index contributed by atoms with van der Waals surface area (Å²) in [6, 6.07) is 10.8. The molecule has 0 atom stereocenters. The van der Waals surface area contributed by atoms with Gasteiger partial charge in [0, 0.05) is 6.07 Å². The van der Waals surface area contributed by atoms with Gasteiger partial charge in [0.2, 0.25) is 5.56 Å². The first-order chi connectivity index (χ1) is 8.66. The van der Waals surface area contributed by atoms with Gasteiger partial charge in [0.1, 0.15) is 5.65 Å². The summed E-state index contributed by atoms with van der Waals surface area (Å²) >= 11 is 0. The van der Waals surface area contributed by atoms with Crippen LogP contribution in [0.1, 0.15) is 5.56 Å². The Hall–Kier alpha value is -2.56. The monoisotopic (exact) mass is 241 g/mol. The van der Waals surface area contributed by atoms with Gasteiger partial charge in [-0.25, -0.2) is 4.68 Å². The van der Waals surface area contributed by atoms with Crippen molar-refractivity contribution in [3.8, 4) is 5.69 Å². The van der Waals surface area contributed by atoms with Crippen molar-refractivity contribution in [2.45, 2.75) is 6.92 Å². The maximum atomic E-state index is 11.9. The molecule has 0 unspecified atom stereocenters. The van der Waals surface area contributed by atoms with Crippen molar-refractivity contribution >= 4 is 11.0 Å². The Morgan fingerprint density at radius 2 is 1.83 bits per heavy atom. The first-order valence-electron chi connectivity index (χ1n) is 5.57. The zero-order valence-electron chi connectivity index (χ0n) is 9.73. The highest BCUT2D eigenvalue weighted by molar-refractivity contribution is 5.79. The Morgan fingerprint density at radius 1 is 1.11 bits per heavy atom. The van der Waals surface area contributed by atoms with Crippen molar-refractivity contribution in [2.75, 3.05) is 0 Å². The number of nitrogens with one attached hydrogen (secondary N) is 2. The van der Waals surface area contributed by atoms with Crippen LogP contribution in [0.4, 0.5) is 0 Å². The molecule has 0 aliphatic carbocycles. The third-order valence-electron chi connectivity index (χ3n) is 2.90. The average Bonchev–Trinajstić information content (AvgIpc) is 2.67. The summed E-state index contributed by atoms with van der Waals surface area (Å²) in [6.07, 6.45) is 0. The highest BCUT2D eigenvalue weighted by Crippen LogP contribution is 2.14. The van der Waals surface area contributed by atoms with Gasteiger partial charge in [0.15, 0.2) is 0 Å². The van der Waals surface area contributed by atoms with E-state index in [1.165, 1.54) is 6.07 Å². The number of aromatic nitrogens is 3. The Bertz CT molecular complexity index is 825. The number of hydrogen-bond acceptors (Lipinski definition) is 2. The minimum atomic E-state index is -0.219. The zero-order valence-corrected chi connectivity index (χ0v) is 9.73. The summed E-state index contributed by atoms with van der Waals surface area (Å²) in [4.78, 5) is 26.1. The predicted octanol–water partition coefficient (Wildman–Crippen LogP) is 1.32. The van der Waals surface area contributed by atoms with E-state index in [0.29, 0.717) is 16.6 Å². The van der Waals surface area contributed by atoms with Gasteiger partial charge >= 0.3 is 0 Å². The first kappa shape index (κ1) is 10.6. The lowest BCUT2D eigenvalue weighted by Gasteiger charge is -2.03. The largest absolute Gasteiger partial charge is 0.306 e. The molecule has 2 heterocycles. The van der Waals surface area contributed by atoms with Gasteiger partial charge in [0.05, 0.1) is 11.1 Å². The zero-order chi connectivity index (χ0) is 12.7. The van der Waals surface area contributed by atoms with E-state index >= 15 is 0 Å². The Kier molecular flexibility index (Phi) is 2.19. The third-order valence-corrected chi connectivity index (χ3v) is 2.90. The molecule has 0 bridgehead atoms. The Balaban J connectivity index is 2.46. The maximum Gasteiger partial charge on any atom is 0.274 e. The maximum absolute atomic E-state index is 11.9. The molecule has 0 fully saturated rings. The molecule has 3 aromatic rings. The lowest BCUT2D eigenvalue weighted by atomic mass is 10.2. The molecule has 0 saturated carbocycles. The van der Waals surface area contributed by atoms with Gasteiger partial charge in [-0.2, -0.15) is 0 Å². The molecule has 3 rings (SSSR count). The molecule has 2 N–H and O–H groups in total. The van der Waals surface area contributed by atoms with Gasteiger partial charge < -0.3 is 4.98 Å². The second-order valence-corrected chi connectivity index (χ2v) is 4.15. The van der Waals surface area contributed by atoms with Gasteiger partial charge in [-0.05, 0) is 24.6 Å². The summed E-state index contributed by atoms with van der Waals surface area (Å²) < 4.78 is 1.59. The number of aromatic amines is 2. The van der Waals surface area contributed by atoms with Crippen molar-refractivity contribution in [2.24, 2.45) is 0 Å². The predicted molar refractivity (Wildman–Crippen MR) is 69.3 cm³/mol. The SMILES string of the molecule is Cc1cc(=O)[nH]c2c1c(=O)[nH]n2-c1ccccc1. The van der Waals surface area contributed by atoms with E-state index in [1.54, 1.807) is 11.6 Å². The van der Waals surface area contributed by atoms with Gasteiger partial charge in [-0.15, -0.1) is 0 Å². The van der Waals surface area contributed by atoms with E-state index in [-0.39, 0.29) is 11.1 Å². The van der Waals surface area contributed by atoms with Gasteiger partial charge in [0.25, 0.3) is 5.56 Å². The number of fused-ring (bicyclic) bond motifs is 1. The fourth-order valence-electron chi connectivity index (χ4n) is 2.11. The third kappa shape index (κ3) is 1.48. The molecule has 90 valence electrons. The van der Waals surface area contributed by atoms with Gasteiger partial charge in [-0.1, -0.05) is 18.2 Å². The first-order valence-corrected chi connectivity index (χ1v) is 5.57. The average molecular weight is 241 g/mol. The van der Waals surface area contributed by atoms with E-state index in [2.05, 4.69) is 10.1 Å². The Labute approximate surface area is 102 Å². The molecule has 5 heteroatoms. The van der Waals surface area contributed by atoms with Crippen molar-refractivity contribution in [3.63, 3.8) is 0 Å². The number of nitrogens with zero attached hydrogens (tertiary/aromatic N) is 1. The molecule has 0 saturated heterocycles. The van der Waals surface area contributed by atoms with Crippen LogP contribution in [0.5, 0.6) is 0 Å². The lowest BCUT2D eigenvalue weighted by molar-refractivity contribution is 0.877. The number of benzene rings is 1. The minimum Gasteiger partial charge on any atom is -0.306 e. The quantitative estimate of drug-likeness (QED) is 0.674. The van der Waals surface area contributed by atoms with Crippen molar-refractivity contribution in [1.29, 1.82) is 0 Å². The van der Waals surface area contributed by atoms with Crippen LogP contribution in [-0.4, -0.2) is 14.8 Å². The summed E-state index contributed by atoms with van der Waals surface area (Å²) in [5.74, 6) is 0. The smallest absolute Gasteiger partial charge is 0.274 e. The fourth-order valence-corrected chi connectivity index (χ4v) is 2.11. The Morgan fingerprint density at radius 3 is 2.56 bits per heavy atom. The van der Waals surface area contributed by atoms with Crippen LogP contribution in [0.2, 0.25) is 0 Å². The highest BCUT2D eigenvalue weighted by atomic mass is 16.1. The second-order valence-electron chi connectivity index (χ2n) is 4.15. The van der Waals surface area contributed by atoms with E-state index in [4.69, 9.17) is 0 Å². The highest BCUT2D eigenvalue weighted by Gasteiger charge is 2.11. The van der Waals surface area contributed by atoms with E-state index in [0.717, 1.165) is 5.69 Å². The van der Waals surface area contributed by atoms with Crippen LogP contribution in [0.15, 0.2) is 46.0 Å². The van der Waals surface area contributed by atoms with E-state index in [1.807, 2.05) is 30.3 Å². The standard InChI is InChI=1S/C13H11N3O2/c1-8-7-10(17)14-12-11(8)13(18)15-16(12)9-5-3-2-4-6-9/h2-7H,1H3,(H,14,17)(H,15,18). The van der Waals surface area contributed by atoms with Crippen LogP contribution < -0.4 is 11.1 Å². The number of aryl methyl sites for hydroxylation is 1. The molecule has 0 aliphatic rings. The van der Waals surface area contributed by atoms with Gasteiger partial charge in [-0.3, -0.25) is 14.7 Å². The summed E-state index contributed by atoms with van der Waals surface area (Å²) in [6.45, 7) is 1.75. The van der Waals surface area contributed by atoms with Crippen molar-refractivity contribution in [3.05, 3.63) is 62.7 Å². The van der Waals surface area contributed by atoms with Crippen LogP contribution in [-0.2, 0) is 0 Å². The molecule has 5 nitrogen and oxygen atoms in total. The number of pyridine rings is 1. The number of para-hydroxylation sites is 1. The molecule has 0 radical (unpaired) electrons. The van der Waals surface area contributed by atoms with E-state index < -0.39 is 0 Å². The summed E-state index contributed by atoms with van der Waals surface area (Å²) in [5.41, 5.74) is 1.54. The van der Waals surface area contributed by atoms with Crippen molar-refractivity contribution < 1.29 is 0 Å². The molecule has 0 amide bonds. The van der Waals surface area contributed by atoms with E-state index in [9.17, 15) is 9.59 Å². The molecule has 0 spiro atoms. The molecular weight excluding hydrogens is 230 g/mol. The number of rotatable bonds is 1. The van der Waals surface area contributed by atoms with Crippen LogP contribution in [0.3, 0.4) is 0 Å². The normalized spacial score (nSPS) is 10.9. The minimum absolute atomic E-state index is 0.206. The fraction of sp³-hybridized carbons (Fsp3) is 0.0769. The number of hydrogen-bond donors (Lipinski definition) is 2. The summed E-state index contributed by atoms with van der Waals surface area (Å²) in [5, 5.41) is 3.24. The lowest BCUT2D eigenvalue weighted by Crippen LogP contribution is -2.07. The molecule has 1 aromatic carbocycles. The molecular formula is C13H11N3O2. The van der Waals surface area contributed by atoms with Crippen LogP contribution in [0.25, 0.3) is 16.7 Å².